The van der Waals surface area contributed by atoms with Crippen LogP contribution < -0.4 is 5.73 Å². The zero-order chi connectivity index (χ0) is 13.8. The molecule has 108 valence electrons. The maximum Gasteiger partial charge on any atom is 0.307 e. The lowest BCUT2D eigenvalue weighted by Crippen LogP contribution is -2.16. The second-order valence-corrected chi connectivity index (χ2v) is 6.14. The molecular weight excluding hydrogens is 290 g/mol. The normalized spacial score (nSPS) is 12.4. The highest BCUT2D eigenvalue weighted by atomic mass is 35.5. The highest BCUT2D eigenvalue weighted by Gasteiger charge is 2.14. The van der Waals surface area contributed by atoms with Crippen LogP contribution in [0.3, 0.4) is 0 Å². The van der Waals surface area contributed by atoms with Gasteiger partial charge in [0.15, 0.2) is 9.84 Å². The quantitative estimate of drug-likeness (QED) is 0.832. The molecule has 0 bridgehead atoms. The van der Waals surface area contributed by atoms with Crippen LogP contribution in [0.1, 0.15) is 24.9 Å². The molecule has 1 rings (SSSR count). The molecule has 0 amide bonds. The van der Waals surface area contributed by atoms with E-state index in [1.165, 1.54) is 19.2 Å². The fourth-order valence-electron chi connectivity index (χ4n) is 1.47. The van der Waals surface area contributed by atoms with E-state index in [0.29, 0.717) is 5.56 Å². The van der Waals surface area contributed by atoms with Gasteiger partial charge in [-0.2, -0.15) is 0 Å². The van der Waals surface area contributed by atoms with Crippen molar-refractivity contribution in [3.8, 4) is 0 Å². The Bertz CT molecular complexity index is 513. The van der Waals surface area contributed by atoms with Gasteiger partial charge in [0.25, 0.3) is 0 Å². The minimum absolute atomic E-state index is 0. The molecule has 7 heteroatoms. The average molecular weight is 308 g/mol. The van der Waals surface area contributed by atoms with E-state index in [9.17, 15) is 13.2 Å². The lowest BCUT2D eigenvalue weighted by atomic mass is 10.1. The smallest absolute Gasteiger partial charge is 0.307 e. The number of hydrogen-bond acceptors (Lipinski definition) is 5. The average Bonchev–Trinajstić information content (AvgIpc) is 2.38. The molecule has 0 heterocycles. The third-order valence-corrected chi connectivity index (χ3v) is 4.41. The second-order valence-electron chi connectivity index (χ2n) is 3.86. The first-order chi connectivity index (χ1) is 8.40. The lowest BCUT2D eigenvalue weighted by Gasteiger charge is -2.11. The molecule has 1 aromatic carbocycles. The molecule has 1 aromatic rings. The Morgan fingerprint density at radius 1 is 1.32 bits per heavy atom. The van der Waals surface area contributed by atoms with Crippen molar-refractivity contribution in [3.05, 3.63) is 29.8 Å². The first-order valence-corrected chi connectivity index (χ1v) is 7.21. The summed E-state index contributed by atoms with van der Waals surface area (Å²) in [7, 11) is -1.90. The number of carbonyl (C=O) groups is 1. The number of sulfone groups is 1. The van der Waals surface area contributed by atoms with E-state index in [4.69, 9.17) is 5.73 Å². The topological polar surface area (TPSA) is 86.5 Å². The Kier molecular flexibility index (Phi) is 7.04. The first-order valence-electron chi connectivity index (χ1n) is 5.55. The number of rotatable bonds is 5. The van der Waals surface area contributed by atoms with E-state index in [1.807, 2.05) is 0 Å². The molecule has 0 spiro atoms. The molecule has 0 aliphatic carbocycles. The largest absolute Gasteiger partial charge is 0.469 e. The molecule has 0 radical (unpaired) electrons. The molecule has 0 unspecified atom stereocenters. The summed E-state index contributed by atoms with van der Waals surface area (Å²) in [5, 5.41) is 0. The number of benzene rings is 1. The van der Waals surface area contributed by atoms with Crippen molar-refractivity contribution in [3.63, 3.8) is 0 Å². The predicted octanol–water partition coefficient (Wildman–Crippen LogP) is 1.46. The monoisotopic (exact) mass is 307 g/mol. The highest BCUT2D eigenvalue weighted by Crippen LogP contribution is 2.18. The van der Waals surface area contributed by atoms with Gasteiger partial charge in [-0.15, -0.1) is 12.4 Å². The van der Waals surface area contributed by atoms with Crippen LogP contribution in [0.4, 0.5) is 0 Å². The Balaban J connectivity index is 0.00000324. The molecule has 0 fully saturated rings. The zero-order valence-electron chi connectivity index (χ0n) is 10.8. The first kappa shape index (κ1) is 17.9. The third-order valence-electron chi connectivity index (χ3n) is 2.66. The van der Waals surface area contributed by atoms with E-state index in [1.54, 1.807) is 19.1 Å². The summed E-state index contributed by atoms with van der Waals surface area (Å²) in [6.07, 6.45) is 0.0658. The van der Waals surface area contributed by atoms with Gasteiger partial charge < -0.3 is 10.5 Å². The van der Waals surface area contributed by atoms with Crippen LogP contribution in [0.5, 0.6) is 0 Å². The van der Waals surface area contributed by atoms with Gasteiger partial charge in [0, 0.05) is 6.04 Å². The lowest BCUT2D eigenvalue weighted by molar-refractivity contribution is -0.141. The van der Waals surface area contributed by atoms with Crippen molar-refractivity contribution in [2.24, 2.45) is 5.73 Å². The number of hydrogen-bond donors (Lipinski definition) is 1. The molecule has 0 aliphatic rings. The van der Waals surface area contributed by atoms with Gasteiger partial charge >= 0.3 is 5.97 Å². The highest BCUT2D eigenvalue weighted by molar-refractivity contribution is 7.91. The summed E-state index contributed by atoms with van der Waals surface area (Å²) in [5.41, 5.74) is 6.52. The summed E-state index contributed by atoms with van der Waals surface area (Å²) < 4.78 is 27.7. The van der Waals surface area contributed by atoms with Crippen LogP contribution in [0.25, 0.3) is 0 Å². The van der Waals surface area contributed by atoms with Gasteiger partial charge in [-0.3, -0.25) is 4.79 Å². The zero-order valence-corrected chi connectivity index (χ0v) is 12.5. The molecule has 1 atom stereocenters. The number of esters is 1. The molecule has 0 aliphatic heterocycles. The maximum atomic E-state index is 11.6. The standard InChI is InChI=1S/C12H17NO4S.ClH/c1-3-18(15,16)10-6-4-9(5-7-10)11(13)8-12(14)17-2;/h4-7,11H,3,8,13H2,1-2H3;1H/t11-;/m0./s1. The van der Waals surface area contributed by atoms with Crippen molar-refractivity contribution in [1.29, 1.82) is 0 Å². The van der Waals surface area contributed by atoms with Gasteiger partial charge in [-0.1, -0.05) is 19.1 Å². The number of halogens is 1. The predicted molar refractivity (Wildman–Crippen MR) is 75.0 cm³/mol. The molecule has 2 N–H and O–H groups in total. The number of nitrogens with two attached hydrogens (primary N) is 1. The van der Waals surface area contributed by atoms with Crippen molar-refractivity contribution in [2.45, 2.75) is 24.3 Å². The van der Waals surface area contributed by atoms with E-state index >= 15 is 0 Å². The summed E-state index contributed by atoms with van der Waals surface area (Å²) in [6, 6.07) is 5.76. The van der Waals surface area contributed by atoms with Crippen LogP contribution in [-0.4, -0.2) is 27.2 Å². The Hall–Kier alpha value is -1.11. The van der Waals surface area contributed by atoms with Gasteiger partial charge in [0.05, 0.1) is 24.2 Å². The third kappa shape index (κ3) is 4.81. The van der Waals surface area contributed by atoms with Crippen LogP contribution in [0, 0.1) is 0 Å². The van der Waals surface area contributed by atoms with E-state index in [2.05, 4.69) is 4.74 Å². The van der Waals surface area contributed by atoms with Crippen LogP contribution in [0.2, 0.25) is 0 Å². The Morgan fingerprint density at radius 3 is 2.26 bits per heavy atom. The molecular formula is C12H18ClNO4S. The van der Waals surface area contributed by atoms with Crippen LogP contribution in [0.15, 0.2) is 29.2 Å². The molecule has 19 heavy (non-hydrogen) atoms. The van der Waals surface area contributed by atoms with E-state index in [-0.39, 0.29) is 29.5 Å². The van der Waals surface area contributed by atoms with Gasteiger partial charge in [0.2, 0.25) is 0 Å². The molecule has 0 saturated heterocycles. The number of ether oxygens (including phenoxy) is 1. The van der Waals surface area contributed by atoms with E-state index in [0.717, 1.165) is 0 Å². The minimum atomic E-state index is -3.20. The minimum Gasteiger partial charge on any atom is -0.469 e. The van der Waals surface area contributed by atoms with Crippen LogP contribution >= 0.6 is 12.4 Å². The number of carbonyl (C=O) groups excluding carboxylic acids is 1. The fraction of sp³-hybridized carbons (Fsp3) is 0.417. The summed E-state index contributed by atoms with van der Waals surface area (Å²) >= 11 is 0. The second kappa shape index (κ2) is 7.47. The summed E-state index contributed by atoms with van der Waals surface area (Å²) in [6.45, 7) is 1.59. The van der Waals surface area contributed by atoms with Gasteiger partial charge in [-0.05, 0) is 17.7 Å². The fourth-order valence-corrected chi connectivity index (χ4v) is 2.35. The Morgan fingerprint density at radius 2 is 1.84 bits per heavy atom. The summed E-state index contributed by atoms with van der Waals surface area (Å²) in [5.74, 6) is -0.339. The van der Waals surface area contributed by atoms with Gasteiger partial charge in [0.1, 0.15) is 0 Å². The maximum absolute atomic E-state index is 11.6. The van der Waals surface area contributed by atoms with Crippen molar-refractivity contribution in [2.75, 3.05) is 12.9 Å². The number of methoxy groups -OCH3 is 1. The molecule has 0 aromatic heterocycles. The molecule has 0 saturated carbocycles. The van der Waals surface area contributed by atoms with Crippen molar-refractivity contribution < 1.29 is 17.9 Å². The molecule has 5 nitrogen and oxygen atoms in total. The SMILES string of the molecule is CCS(=O)(=O)c1ccc([C@@H](N)CC(=O)OC)cc1.Cl. The van der Waals surface area contributed by atoms with Crippen molar-refractivity contribution >= 4 is 28.2 Å². The summed E-state index contributed by atoms with van der Waals surface area (Å²) in [4.78, 5) is 11.3. The van der Waals surface area contributed by atoms with Crippen molar-refractivity contribution in [1.82, 2.24) is 0 Å². The van der Waals surface area contributed by atoms with Crippen LogP contribution in [-0.2, 0) is 19.4 Å². The van der Waals surface area contributed by atoms with E-state index < -0.39 is 21.8 Å². The Labute approximate surface area is 119 Å². The van der Waals surface area contributed by atoms with Gasteiger partial charge in [-0.25, -0.2) is 8.42 Å².